The third-order valence-corrected chi connectivity index (χ3v) is 3.81. The first-order valence-electron chi connectivity index (χ1n) is 6.28. The van der Waals surface area contributed by atoms with Crippen molar-refractivity contribution in [1.82, 2.24) is 9.55 Å². The number of ether oxygens (including phenoxy) is 1. The monoisotopic (exact) mass is 251 g/mol. The van der Waals surface area contributed by atoms with Gasteiger partial charge in [-0.05, 0) is 31.6 Å². The average Bonchev–Trinajstić information content (AvgIpc) is 2.78. The van der Waals surface area contributed by atoms with Crippen LogP contribution in [0.1, 0.15) is 55.5 Å². The average molecular weight is 251 g/mol. The van der Waals surface area contributed by atoms with E-state index in [1.54, 1.807) is 0 Å². The van der Waals surface area contributed by atoms with Gasteiger partial charge in [0.1, 0.15) is 11.6 Å². The third kappa shape index (κ3) is 2.09. The van der Waals surface area contributed by atoms with Gasteiger partial charge in [0.25, 0.3) is 0 Å². The fourth-order valence-corrected chi connectivity index (χ4v) is 2.89. The van der Waals surface area contributed by atoms with Crippen molar-refractivity contribution in [2.45, 2.75) is 46.1 Å². The van der Waals surface area contributed by atoms with Gasteiger partial charge in [0.15, 0.2) is 5.69 Å². The Morgan fingerprint density at radius 3 is 2.72 bits per heavy atom. The Bertz CT molecular complexity index is 477. The summed E-state index contributed by atoms with van der Waals surface area (Å²) in [4.78, 5) is 15.8. The van der Waals surface area contributed by atoms with E-state index in [2.05, 4.69) is 18.8 Å². The highest BCUT2D eigenvalue weighted by Crippen LogP contribution is 2.44. The number of nitrogens with zero attached hydrogens (tertiary/aromatic N) is 2. The van der Waals surface area contributed by atoms with Crippen LogP contribution in [0, 0.1) is 12.3 Å². The molecule has 2 N–H and O–H groups in total. The normalized spacial score (nSPS) is 22.1. The lowest BCUT2D eigenvalue weighted by Gasteiger charge is -2.19. The number of nitrogen functional groups attached to an aromatic ring is 1. The number of aryl methyl sites for hydroxylation is 1. The summed E-state index contributed by atoms with van der Waals surface area (Å²) in [7, 11) is 1.34. The van der Waals surface area contributed by atoms with E-state index >= 15 is 0 Å². The van der Waals surface area contributed by atoms with Crippen molar-refractivity contribution in [3.63, 3.8) is 0 Å². The molecule has 1 aromatic heterocycles. The molecule has 1 unspecified atom stereocenters. The van der Waals surface area contributed by atoms with Gasteiger partial charge in [0.05, 0.1) is 7.11 Å². The molecule has 0 aromatic carbocycles. The number of anilines is 1. The molecule has 1 atom stereocenters. The van der Waals surface area contributed by atoms with Gasteiger partial charge in [-0.2, -0.15) is 0 Å². The Morgan fingerprint density at radius 2 is 2.22 bits per heavy atom. The second-order valence-electron chi connectivity index (χ2n) is 5.82. The molecule has 5 nitrogen and oxygen atoms in total. The molecule has 1 aromatic rings. The molecule has 0 spiro atoms. The zero-order chi connectivity index (χ0) is 13.5. The topological polar surface area (TPSA) is 70.1 Å². The number of hydrogen-bond acceptors (Lipinski definition) is 4. The van der Waals surface area contributed by atoms with Gasteiger partial charge in [0.2, 0.25) is 0 Å². The number of methoxy groups -OCH3 is 1. The fraction of sp³-hybridized carbons (Fsp3) is 0.692. The number of aromatic nitrogens is 2. The second kappa shape index (κ2) is 4.30. The Morgan fingerprint density at radius 1 is 1.56 bits per heavy atom. The Labute approximate surface area is 107 Å². The van der Waals surface area contributed by atoms with E-state index in [1.165, 1.54) is 13.5 Å². The van der Waals surface area contributed by atoms with Crippen LogP contribution in [-0.2, 0) is 4.74 Å². The van der Waals surface area contributed by atoms with Crippen LogP contribution in [0.15, 0.2) is 0 Å². The lowest BCUT2D eigenvalue weighted by Crippen LogP contribution is -2.14. The van der Waals surface area contributed by atoms with E-state index in [9.17, 15) is 4.79 Å². The minimum Gasteiger partial charge on any atom is -0.464 e. The number of carbonyl (C=O) groups is 1. The highest BCUT2D eigenvalue weighted by Gasteiger charge is 2.34. The smallest absolute Gasteiger partial charge is 0.360 e. The molecular formula is C13H21N3O2. The van der Waals surface area contributed by atoms with Crippen LogP contribution in [0.25, 0.3) is 0 Å². The minimum absolute atomic E-state index is 0.236. The largest absolute Gasteiger partial charge is 0.464 e. The number of carbonyl (C=O) groups excluding carboxylic acids is 1. The van der Waals surface area contributed by atoms with Crippen LogP contribution in [0.4, 0.5) is 5.82 Å². The second-order valence-corrected chi connectivity index (χ2v) is 5.82. The standard InChI is InChI=1S/C13H21N3O2/c1-8-15-10(12(17)18-4)11(14)16(8)9-5-6-13(2,3)7-9/h9H,5-7,14H2,1-4H3. The van der Waals surface area contributed by atoms with Crippen molar-refractivity contribution in [2.75, 3.05) is 12.8 Å². The Kier molecular flexibility index (Phi) is 3.09. The summed E-state index contributed by atoms with van der Waals surface area (Å²) in [5, 5.41) is 0. The number of rotatable bonds is 2. The Hall–Kier alpha value is -1.52. The zero-order valence-electron chi connectivity index (χ0n) is 11.5. The predicted octanol–water partition coefficient (Wildman–Crippen LogP) is 2.31. The molecule has 0 aliphatic heterocycles. The molecule has 5 heteroatoms. The van der Waals surface area contributed by atoms with Crippen LogP contribution in [0.2, 0.25) is 0 Å². The van der Waals surface area contributed by atoms with Crippen molar-refractivity contribution < 1.29 is 9.53 Å². The molecule has 0 bridgehead atoms. The lowest BCUT2D eigenvalue weighted by atomic mass is 9.92. The molecule has 1 aliphatic carbocycles. The Balaban J connectivity index is 2.35. The maximum absolute atomic E-state index is 11.6. The van der Waals surface area contributed by atoms with Crippen LogP contribution < -0.4 is 5.73 Å². The van der Waals surface area contributed by atoms with Gasteiger partial charge < -0.3 is 15.0 Å². The van der Waals surface area contributed by atoms with Crippen molar-refractivity contribution in [3.8, 4) is 0 Å². The van der Waals surface area contributed by atoms with Crippen molar-refractivity contribution in [2.24, 2.45) is 5.41 Å². The molecular weight excluding hydrogens is 230 g/mol. The summed E-state index contributed by atoms with van der Waals surface area (Å²) in [5.41, 5.74) is 6.62. The highest BCUT2D eigenvalue weighted by molar-refractivity contribution is 5.92. The maximum atomic E-state index is 11.6. The van der Waals surface area contributed by atoms with Gasteiger partial charge in [-0.3, -0.25) is 0 Å². The van der Waals surface area contributed by atoms with Crippen LogP contribution in [0.5, 0.6) is 0 Å². The molecule has 0 amide bonds. The first-order valence-corrected chi connectivity index (χ1v) is 6.28. The van der Waals surface area contributed by atoms with Crippen molar-refractivity contribution in [1.29, 1.82) is 0 Å². The number of nitrogens with two attached hydrogens (primary N) is 1. The first-order chi connectivity index (χ1) is 8.35. The highest BCUT2D eigenvalue weighted by atomic mass is 16.5. The summed E-state index contributed by atoms with van der Waals surface area (Å²) < 4.78 is 6.68. The van der Waals surface area contributed by atoms with Crippen LogP contribution in [0.3, 0.4) is 0 Å². The molecule has 0 saturated heterocycles. The van der Waals surface area contributed by atoms with Crippen molar-refractivity contribution in [3.05, 3.63) is 11.5 Å². The van der Waals surface area contributed by atoms with E-state index in [0.717, 1.165) is 18.7 Å². The van der Waals surface area contributed by atoms with E-state index in [-0.39, 0.29) is 5.69 Å². The van der Waals surface area contributed by atoms with E-state index in [1.807, 2.05) is 11.5 Å². The molecule has 100 valence electrons. The molecule has 18 heavy (non-hydrogen) atoms. The summed E-state index contributed by atoms with van der Waals surface area (Å²) in [6.45, 7) is 6.40. The van der Waals surface area contributed by atoms with Gasteiger partial charge in [-0.15, -0.1) is 0 Å². The van der Waals surface area contributed by atoms with Gasteiger partial charge in [-0.1, -0.05) is 13.8 Å². The van der Waals surface area contributed by atoms with Gasteiger partial charge >= 0.3 is 5.97 Å². The SMILES string of the molecule is COC(=O)c1nc(C)n(C2CCC(C)(C)C2)c1N. The van der Waals surface area contributed by atoms with Gasteiger partial charge in [0, 0.05) is 6.04 Å². The number of imidazole rings is 1. The zero-order valence-corrected chi connectivity index (χ0v) is 11.5. The molecule has 1 saturated carbocycles. The third-order valence-electron chi connectivity index (χ3n) is 3.81. The summed E-state index contributed by atoms with van der Waals surface area (Å²) >= 11 is 0. The maximum Gasteiger partial charge on any atom is 0.360 e. The van der Waals surface area contributed by atoms with E-state index < -0.39 is 5.97 Å². The quantitative estimate of drug-likeness (QED) is 0.819. The predicted molar refractivity (Wildman–Crippen MR) is 69.4 cm³/mol. The minimum atomic E-state index is -0.466. The van der Waals surface area contributed by atoms with E-state index in [0.29, 0.717) is 17.3 Å². The fourth-order valence-electron chi connectivity index (χ4n) is 2.89. The summed E-state index contributed by atoms with van der Waals surface area (Å²) in [6, 6.07) is 0.339. The van der Waals surface area contributed by atoms with Crippen molar-refractivity contribution >= 4 is 11.8 Å². The van der Waals surface area contributed by atoms with Crippen LogP contribution >= 0.6 is 0 Å². The number of hydrogen-bond donors (Lipinski definition) is 1. The molecule has 1 heterocycles. The number of esters is 1. The first kappa shape index (κ1) is 12.9. The lowest BCUT2D eigenvalue weighted by molar-refractivity contribution is 0.0595. The molecule has 1 fully saturated rings. The van der Waals surface area contributed by atoms with Crippen LogP contribution in [-0.4, -0.2) is 22.6 Å². The summed E-state index contributed by atoms with van der Waals surface area (Å²) in [6.07, 6.45) is 3.31. The molecule has 1 aliphatic rings. The molecule has 2 rings (SSSR count). The summed E-state index contributed by atoms with van der Waals surface area (Å²) in [5.74, 6) is 0.754. The van der Waals surface area contributed by atoms with E-state index in [4.69, 9.17) is 10.5 Å². The molecule has 0 radical (unpaired) electrons. The van der Waals surface area contributed by atoms with Gasteiger partial charge in [-0.25, -0.2) is 9.78 Å².